The van der Waals surface area contributed by atoms with Gasteiger partial charge in [0.05, 0.1) is 6.61 Å². The molecule has 0 rings (SSSR count). The Morgan fingerprint density at radius 1 is 1.50 bits per heavy atom. The predicted molar refractivity (Wildman–Crippen MR) is 43.8 cm³/mol. The van der Waals surface area contributed by atoms with Crippen molar-refractivity contribution in [2.45, 2.75) is 33.0 Å². The summed E-state index contributed by atoms with van der Waals surface area (Å²) >= 11 is 0. The molecule has 0 saturated carbocycles. The molecule has 1 unspecified atom stereocenters. The van der Waals surface area contributed by atoms with Gasteiger partial charge in [-0.15, -0.1) is 0 Å². The highest BCUT2D eigenvalue weighted by Gasteiger charge is 2.07. The fourth-order valence-corrected chi connectivity index (χ4v) is 0.517. The maximum absolute atomic E-state index is 10.8. The first kappa shape index (κ1) is 11.2. The fraction of sp³-hybridized carbons (Fsp3) is 0.875. The molecule has 0 aliphatic carbocycles. The van der Waals surface area contributed by atoms with Crippen LogP contribution >= 0.6 is 0 Å². The van der Waals surface area contributed by atoms with Gasteiger partial charge in [0, 0.05) is 7.11 Å². The number of carbonyl (C=O) groups excluding carboxylic acids is 1. The number of unbranched alkanes of at least 4 members (excludes halogenated alkanes) is 1. The number of methoxy groups -OCH3 is 1. The van der Waals surface area contributed by atoms with Crippen molar-refractivity contribution in [2.75, 3.05) is 13.7 Å². The lowest BCUT2D eigenvalue weighted by Gasteiger charge is -2.10. The Morgan fingerprint density at radius 2 is 2.17 bits per heavy atom. The molecule has 4 heteroatoms. The largest absolute Gasteiger partial charge is 0.510 e. The van der Waals surface area contributed by atoms with Crippen LogP contribution in [-0.4, -0.2) is 26.2 Å². The summed E-state index contributed by atoms with van der Waals surface area (Å²) in [7, 11) is 1.46. The van der Waals surface area contributed by atoms with Crippen LogP contribution in [0.2, 0.25) is 0 Å². The molecule has 0 amide bonds. The summed E-state index contributed by atoms with van der Waals surface area (Å²) in [6, 6.07) is 0. The lowest BCUT2D eigenvalue weighted by atomic mass is 10.4. The van der Waals surface area contributed by atoms with E-state index in [4.69, 9.17) is 9.47 Å². The van der Waals surface area contributed by atoms with E-state index in [0.29, 0.717) is 6.61 Å². The maximum Gasteiger partial charge on any atom is 0.510 e. The fourth-order valence-electron chi connectivity index (χ4n) is 0.517. The van der Waals surface area contributed by atoms with Gasteiger partial charge in [0.1, 0.15) is 0 Å². The Kier molecular flexibility index (Phi) is 6.47. The van der Waals surface area contributed by atoms with Gasteiger partial charge in [0.15, 0.2) is 0 Å². The first-order chi connectivity index (χ1) is 5.70. The molecule has 0 spiro atoms. The van der Waals surface area contributed by atoms with Gasteiger partial charge in [-0.3, -0.25) is 0 Å². The van der Waals surface area contributed by atoms with E-state index in [-0.39, 0.29) is 0 Å². The van der Waals surface area contributed by atoms with Crippen LogP contribution in [0.1, 0.15) is 26.7 Å². The molecule has 0 bridgehead atoms. The van der Waals surface area contributed by atoms with Crippen LogP contribution < -0.4 is 0 Å². The van der Waals surface area contributed by atoms with Gasteiger partial charge in [-0.05, 0) is 13.3 Å². The van der Waals surface area contributed by atoms with Crippen LogP contribution in [0.25, 0.3) is 0 Å². The van der Waals surface area contributed by atoms with Crippen LogP contribution in [0.4, 0.5) is 4.79 Å². The highest BCUT2D eigenvalue weighted by atomic mass is 16.8. The molecular weight excluding hydrogens is 160 g/mol. The molecule has 1 atom stereocenters. The monoisotopic (exact) mass is 176 g/mol. The molecule has 0 heterocycles. The predicted octanol–water partition coefficient (Wildman–Crippen LogP) is 1.93. The van der Waals surface area contributed by atoms with Crippen LogP contribution in [0.5, 0.6) is 0 Å². The average molecular weight is 176 g/mol. The molecule has 72 valence electrons. The summed E-state index contributed by atoms with van der Waals surface area (Å²) in [4.78, 5) is 10.8. The summed E-state index contributed by atoms with van der Waals surface area (Å²) in [5.41, 5.74) is 0. The smallest absolute Gasteiger partial charge is 0.434 e. The highest BCUT2D eigenvalue weighted by Crippen LogP contribution is 1.96. The van der Waals surface area contributed by atoms with Gasteiger partial charge >= 0.3 is 6.16 Å². The Bertz CT molecular complexity index is 124. The molecular formula is C8H16O4. The standard InChI is InChI=1S/C8H16O4/c1-4-5-6-11-8(9)12-7(2)10-3/h7H,4-6H2,1-3H3. The Hall–Kier alpha value is -0.770. The third-order valence-corrected chi connectivity index (χ3v) is 1.31. The number of hydrogen-bond donors (Lipinski definition) is 0. The maximum atomic E-state index is 10.8. The van der Waals surface area contributed by atoms with E-state index < -0.39 is 12.4 Å². The van der Waals surface area contributed by atoms with Gasteiger partial charge in [-0.2, -0.15) is 0 Å². The van der Waals surface area contributed by atoms with Gasteiger partial charge in [0.2, 0.25) is 6.29 Å². The van der Waals surface area contributed by atoms with Crippen LogP contribution in [0, 0.1) is 0 Å². The number of ether oxygens (including phenoxy) is 3. The van der Waals surface area contributed by atoms with Crippen molar-refractivity contribution in [3.63, 3.8) is 0 Å². The van der Waals surface area contributed by atoms with Gasteiger partial charge < -0.3 is 14.2 Å². The van der Waals surface area contributed by atoms with Crippen molar-refractivity contribution in [3.8, 4) is 0 Å². The zero-order valence-corrected chi connectivity index (χ0v) is 7.83. The molecule has 0 radical (unpaired) electrons. The number of rotatable bonds is 5. The van der Waals surface area contributed by atoms with E-state index in [0.717, 1.165) is 12.8 Å². The van der Waals surface area contributed by atoms with Crippen LogP contribution in [0.3, 0.4) is 0 Å². The molecule has 4 nitrogen and oxygen atoms in total. The van der Waals surface area contributed by atoms with E-state index in [2.05, 4.69) is 4.74 Å². The molecule has 0 aromatic rings. The van der Waals surface area contributed by atoms with Crippen molar-refractivity contribution in [3.05, 3.63) is 0 Å². The second-order valence-electron chi connectivity index (χ2n) is 2.37. The van der Waals surface area contributed by atoms with E-state index in [1.165, 1.54) is 7.11 Å². The Balaban J connectivity index is 3.33. The van der Waals surface area contributed by atoms with E-state index in [1.54, 1.807) is 6.92 Å². The number of hydrogen-bond acceptors (Lipinski definition) is 4. The quantitative estimate of drug-likeness (QED) is 0.365. The van der Waals surface area contributed by atoms with Crippen molar-refractivity contribution in [1.29, 1.82) is 0 Å². The second kappa shape index (κ2) is 6.91. The molecule has 0 aromatic heterocycles. The highest BCUT2D eigenvalue weighted by molar-refractivity contribution is 5.59. The van der Waals surface area contributed by atoms with Gasteiger partial charge in [-0.1, -0.05) is 13.3 Å². The first-order valence-corrected chi connectivity index (χ1v) is 4.07. The lowest BCUT2D eigenvalue weighted by molar-refractivity contribution is -0.0916. The third-order valence-electron chi connectivity index (χ3n) is 1.31. The normalized spacial score (nSPS) is 12.2. The molecule has 0 saturated heterocycles. The minimum atomic E-state index is -0.669. The van der Waals surface area contributed by atoms with E-state index in [1.807, 2.05) is 6.92 Å². The first-order valence-electron chi connectivity index (χ1n) is 4.07. The topological polar surface area (TPSA) is 44.8 Å². The van der Waals surface area contributed by atoms with Crippen molar-refractivity contribution >= 4 is 6.16 Å². The zero-order valence-electron chi connectivity index (χ0n) is 7.83. The summed E-state index contributed by atoms with van der Waals surface area (Å²) in [6.07, 6.45) is 0.640. The molecule has 0 aromatic carbocycles. The number of carbonyl (C=O) groups is 1. The molecule has 0 aliphatic heterocycles. The Labute approximate surface area is 72.8 Å². The Morgan fingerprint density at radius 3 is 2.67 bits per heavy atom. The van der Waals surface area contributed by atoms with Crippen LogP contribution in [-0.2, 0) is 14.2 Å². The van der Waals surface area contributed by atoms with E-state index in [9.17, 15) is 4.79 Å². The second-order valence-corrected chi connectivity index (χ2v) is 2.37. The van der Waals surface area contributed by atoms with Crippen molar-refractivity contribution in [1.82, 2.24) is 0 Å². The third kappa shape index (κ3) is 5.97. The lowest BCUT2D eigenvalue weighted by Crippen LogP contribution is -2.17. The summed E-state index contributed by atoms with van der Waals surface area (Å²) in [6.45, 7) is 4.05. The zero-order chi connectivity index (χ0) is 9.40. The minimum Gasteiger partial charge on any atom is -0.434 e. The SMILES string of the molecule is CCCCOC(=O)OC(C)OC. The molecule has 0 aliphatic rings. The molecule has 0 fully saturated rings. The van der Waals surface area contributed by atoms with Gasteiger partial charge in [-0.25, -0.2) is 4.79 Å². The summed E-state index contributed by atoms with van der Waals surface area (Å²) in [5, 5.41) is 0. The van der Waals surface area contributed by atoms with E-state index >= 15 is 0 Å². The summed E-state index contributed by atoms with van der Waals surface area (Å²) < 4.78 is 14.1. The minimum absolute atomic E-state index is 0.408. The molecule has 0 N–H and O–H groups in total. The molecule has 12 heavy (non-hydrogen) atoms. The van der Waals surface area contributed by atoms with Crippen molar-refractivity contribution in [2.24, 2.45) is 0 Å². The average Bonchev–Trinajstić information content (AvgIpc) is 2.05. The van der Waals surface area contributed by atoms with Gasteiger partial charge in [0.25, 0.3) is 0 Å². The summed E-state index contributed by atoms with van der Waals surface area (Å²) in [5.74, 6) is 0. The van der Waals surface area contributed by atoms with Crippen molar-refractivity contribution < 1.29 is 19.0 Å². The van der Waals surface area contributed by atoms with Crippen LogP contribution in [0.15, 0.2) is 0 Å².